The molecule has 2 unspecified atom stereocenters. The van der Waals surface area contributed by atoms with Crippen LogP contribution in [0.15, 0.2) is 36.7 Å². The quantitative estimate of drug-likeness (QED) is 0.621. The number of ether oxygens (including phenoxy) is 1. The van der Waals surface area contributed by atoms with Gasteiger partial charge in [-0.1, -0.05) is 24.6 Å². The lowest BCUT2D eigenvalue weighted by Gasteiger charge is -2.33. The van der Waals surface area contributed by atoms with Crippen molar-refractivity contribution >= 4 is 11.6 Å². The minimum Gasteiger partial charge on any atom is -0.481 e. The standard InChI is InChI=1S/C13H19ClN2O.C8H11NO/c1-10-3-4-12(7-15-10)13(2,14)16-6-5-11(8-16)9-17;1-3-7-4-5-9-8(6-7)10-2/h3-4,7,11,17H,5-6,8-9H2,1-2H3;4-6H,3H2,1-2H3. The fourth-order valence-corrected chi connectivity index (χ4v) is 3.33. The number of halogens is 1. The number of alkyl halides is 1. The van der Waals surface area contributed by atoms with Crippen LogP contribution in [0.5, 0.6) is 5.88 Å². The van der Waals surface area contributed by atoms with Gasteiger partial charge in [0.15, 0.2) is 0 Å². The summed E-state index contributed by atoms with van der Waals surface area (Å²) in [6.07, 6.45) is 5.64. The van der Waals surface area contributed by atoms with E-state index in [0.717, 1.165) is 37.2 Å². The van der Waals surface area contributed by atoms with Crippen molar-refractivity contribution in [3.63, 3.8) is 0 Å². The number of aliphatic hydroxyl groups is 1. The van der Waals surface area contributed by atoms with Gasteiger partial charge in [-0.3, -0.25) is 9.88 Å². The number of methoxy groups -OCH3 is 1. The Labute approximate surface area is 167 Å². The third kappa shape index (κ3) is 5.89. The molecule has 1 saturated heterocycles. The highest BCUT2D eigenvalue weighted by Gasteiger charge is 2.36. The molecular weight excluding hydrogens is 362 g/mol. The van der Waals surface area contributed by atoms with E-state index in [4.69, 9.17) is 16.3 Å². The lowest BCUT2D eigenvalue weighted by molar-refractivity contribution is 0.185. The predicted octanol–water partition coefficient (Wildman–Crippen LogP) is 3.77. The molecule has 1 aliphatic heterocycles. The van der Waals surface area contributed by atoms with Crippen molar-refractivity contribution in [1.29, 1.82) is 0 Å². The van der Waals surface area contributed by atoms with E-state index >= 15 is 0 Å². The Morgan fingerprint density at radius 2 is 2.11 bits per heavy atom. The van der Waals surface area contributed by atoms with Gasteiger partial charge < -0.3 is 9.84 Å². The Morgan fingerprint density at radius 3 is 2.67 bits per heavy atom. The van der Waals surface area contributed by atoms with E-state index in [-0.39, 0.29) is 6.61 Å². The van der Waals surface area contributed by atoms with Crippen LogP contribution < -0.4 is 4.74 Å². The van der Waals surface area contributed by atoms with Crippen LogP contribution in [0, 0.1) is 12.8 Å². The summed E-state index contributed by atoms with van der Waals surface area (Å²) in [7, 11) is 1.63. The SMILES string of the molecule is CCc1ccnc(OC)c1.Cc1ccc(C(C)(Cl)N2CCC(CO)C2)cn1. The first-order chi connectivity index (χ1) is 12.9. The molecule has 148 valence electrons. The normalized spacial score (nSPS) is 19.1. The summed E-state index contributed by atoms with van der Waals surface area (Å²) < 4.78 is 4.95. The predicted molar refractivity (Wildman–Crippen MR) is 109 cm³/mol. The second-order valence-electron chi connectivity index (χ2n) is 6.98. The van der Waals surface area contributed by atoms with Crippen molar-refractivity contribution < 1.29 is 9.84 Å². The molecule has 27 heavy (non-hydrogen) atoms. The van der Waals surface area contributed by atoms with Gasteiger partial charge in [0, 0.05) is 49.4 Å². The molecule has 3 heterocycles. The van der Waals surface area contributed by atoms with Crippen LogP contribution in [-0.2, 0) is 11.4 Å². The average Bonchev–Trinajstić information content (AvgIpc) is 3.19. The van der Waals surface area contributed by atoms with E-state index in [2.05, 4.69) is 21.8 Å². The largest absolute Gasteiger partial charge is 0.481 e. The molecule has 6 heteroatoms. The number of aliphatic hydroxyl groups excluding tert-OH is 1. The maximum Gasteiger partial charge on any atom is 0.213 e. The molecule has 2 aromatic rings. The van der Waals surface area contributed by atoms with Crippen molar-refractivity contribution in [2.75, 3.05) is 26.8 Å². The second kappa shape index (κ2) is 10.0. The second-order valence-corrected chi connectivity index (χ2v) is 7.72. The maximum absolute atomic E-state index is 9.17. The fraction of sp³-hybridized carbons (Fsp3) is 0.524. The van der Waals surface area contributed by atoms with Crippen LogP contribution in [0.3, 0.4) is 0 Å². The highest BCUT2D eigenvalue weighted by atomic mass is 35.5. The van der Waals surface area contributed by atoms with Gasteiger partial charge in [0.25, 0.3) is 0 Å². The summed E-state index contributed by atoms with van der Waals surface area (Å²) in [5, 5.41) is 9.17. The number of aromatic nitrogens is 2. The first-order valence-corrected chi connectivity index (χ1v) is 9.75. The molecule has 2 aromatic heterocycles. The zero-order chi connectivity index (χ0) is 19.9. The molecule has 3 rings (SSSR count). The Hall–Kier alpha value is -1.69. The van der Waals surface area contributed by atoms with Gasteiger partial charge in [0.05, 0.1) is 7.11 Å². The summed E-state index contributed by atoms with van der Waals surface area (Å²) in [5.74, 6) is 1.05. The van der Waals surface area contributed by atoms with Gasteiger partial charge in [-0.2, -0.15) is 0 Å². The third-order valence-corrected chi connectivity index (χ3v) is 5.45. The van der Waals surface area contributed by atoms with E-state index in [1.54, 1.807) is 13.3 Å². The molecule has 5 nitrogen and oxygen atoms in total. The van der Waals surface area contributed by atoms with Gasteiger partial charge in [0.1, 0.15) is 5.00 Å². The van der Waals surface area contributed by atoms with Crippen LogP contribution in [0.4, 0.5) is 0 Å². The van der Waals surface area contributed by atoms with E-state index in [1.165, 1.54) is 5.56 Å². The molecule has 0 amide bonds. The number of pyridine rings is 2. The van der Waals surface area contributed by atoms with Crippen molar-refractivity contribution in [3.8, 4) is 5.88 Å². The maximum atomic E-state index is 9.17. The molecule has 1 N–H and O–H groups in total. The zero-order valence-corrected chi connectivity index (χ0v) is 17.4. The first kappa shape index (κ1) is 21.6. The van der Waals surface area contributed by atoms with Crippen molar-refractivity contribution in [3.05, 3.63) is 53.5 Å². The van der Waals surface area contributed by atoms with Gasteiger partial charge in [-0.25, -0.2) is 4.98 Å². The number of hydrogen-bond donors (Lipinski definition) is 1. The molecule has 0 aromatic carbocycles. The van der Waals surface area contributed by atoms with Gasteiger partial charge in [0.2, 0.25) is 5.88 Å². The van der Waals surface area contributed by atoms with Crippen LogP contribution in [0.25, 0.3) is 0 Å². The van der Waals surface area contributed by atoms with E-state index < -0.39 is 5.00 Å². The van der Waals surface area contributed by atoms with Crippen LogP contribution in [0.2, 0.25) is 0 Å². The number of likely N-dealkylation sites (tertiary alicyclic amines) is 1. The van der Waals surface area contributed by atoms with Gasteiger partial charge >= 0.3 is 0 Å². The third-order valence-electron chi connectivity index (χ3n) is 4.99. The smallest absolute Gasteiger partial charge is 0.213 e. The molecule has 0 aliphatic carbocycles. The minimum atomic E-state index is -0.523. The molecular formula is C21H30ClN3O2. The zero-order valence-electron chi connectivity index (χ0n) is 16.7. The van der Waals surface area contributed by atoms with Gasteiger partial charge in [-0.15, -0.1) is 0 Å². The average molecular weight is 392 g/mol. The minimum absolute atomic E-state index is 0.246. The van der Waals surface area contributed by atoms with Gasteiger partial charge in [-0.05, 0) is 50.3 Å². The number of aryl methyl sites for hydroxylation is 2. The van der Waals surface area contributed by atoms with Crippen LogP contribution in [-0.4, -0.2) is 46.8 Å². The lowest BCUT2D eigenvalue weighted by atomic mass is 10.1. The highest BCUT2D eigenvalue weighted by Crippen LogP contribution is 2.36. The summed E-state index contributed by atoms with van der Waals surface area (Å²) in [5.41, 5.74) is 3.27. The Morgan fingerprint density at radius 1 is 1.33 bits per heavy atom. The molecule has 0 bridgehead atoms. The summed E-state index contributed by atoms with van der Waals surface area (Å²) in [6.45, 7) is 8.10. The lowest BCUT2D eigenvalue weighted by Crippen LogP contribution is -2.38. The number of hydrogen-bond acceptors (Lipinski definition) is 5. The Bertz CT molecular complexity index is 688. The number of rotatable bonds is 5. The Kier molecular flexibility index (Phi) is 8.02. The molecule has 0 saturated carbocycles. The van der Waals surface area contributed by atoms with Crippen molar-refractivity contribution in [2.24, 2.45) is 5.92 Å². The number of nitrogens with zero attached hydrogens (tertiary/aromatic N) is 3. The van der Waals surface area contributed by atoms with Crippen LogP contribution >= 0.6 is 11.6 Å². The molecule has 1 aliphatic rings. The fourth-order valence-electron chi connectivity index (χ4n) is 3.07. The van der Waals surface area contributed by atoms with E-state index in [9.17, 15) is 5.11 Å². The molecule has 0 radical (unpaired) electrons. The van der Waals surface area contributed by atoms with E-state index in [1.807, 2.05) is 44.3 Å². The monoisotopic (exact) mass is 391 g/mol. The van der Waals surface area contributed by atoms with Crippen molar-refractivity contribution in [2.45, 2.75) is 38.6 Å². The molecule has 2 atom stereocenters. The summed E-state index contributed by atoms with van der Waals surface area (Å²) in [6, 6.07) is 7.94. The molecule has 1 fully saturated rings. The van der Waals surface area contributed by atoms with E-state index in [0.29, 0.717) is 11.8 Å². The summed E-state index contributed by atoms with van der Waals surface area (Å²) in [4.78, 5) is 9.97. The first-order valence-electron chi connectivity index (χ1n) is 9.37. The molecule has 0 spiro atoms. The summed E-state index contributed by atoms with van der Waals surface area (Å²) >= 11 is 6.65. The highest BCUT2D eigenvalue weighted by molar-refractivity contribution is 6.23. The topological polar surface area (TPSA) is 58.5 Å². The van der Waals surface area contributed by atoms with Crippen LogP contribution in [0.1, 0.15) is 37.1 Å². The van der Waals surface area contributed by atoms with Crippen molar-refractivity contribution in [1.82, 2.24) is 14.9 Å². The Balaban J connectivity index is 0.000000223.